The fourth-order valence-electron chi connectivity index (χ4n) is 1.68. The number of aryl methyl sites for hydroxylation is 1. The van der Waals surface area contributed by atoms with Crippen LogP contribution in [0.15, 0.2) is 12.1 Å². The maximum Gasteiger partial charge on any atom is 0.251 e. The number of primary amides is 1. The number of hydrogen-bond acceptors (Lipinski definition) is 2. The maximum atomic E-state index is 11.2. The third kappa shape index (κ3) is 1.44. The van der Waals surface area contributed by atoms with Crippen LogP contribution in [0.4, 0.5) is 0 Å². The Kier molecular flexibility index (Phi) is 2.11. The van der Waals surface area contributed by atoms with Gasteiger partial charge in [-0.15, -0.1) is 0 Å². The number of methoxy groups -OCH3 is 1. The number of nitrogens with two attached hydrogens (primary N) is 1. The van der Waals surface area contributed by atoms with Crippen LogP contribution < -0.4 is 10.5 Å². The smallest absolute Gasteiger partial charge is 0.251 e. The van der Waals surface area contributed by atoms with E-state index in [4.69, 9.17) is 10.5 Å². The van der Waals surface area contributed by atoms with Crippen LogP contribution in [0.2, 0.25) is 0 Å². The highest BCUT2D eigenvalue weighted by atomic mass is 16.5. The summed E-state index contributed by atoms with van der Waals surface area (Å²) in [5.41, 5.74) is 7.42. The van der Waals surface area contributed by atoms with Gasteiger partial charge in [0.2, 0.25) is 0 Å². The first kappa shape index (κ1) is 9.58. The molecule has 1 heterocycles. The number of nitrogens with one attached hydrogen (secondary N) is 1. The Labute approximate surface area is 87.0 Å². The van der Waals surface area contributed by atoms with Crippen molar-refractivity contribution in [2.75, 3.05) is 7.11 Å². The minimum atomic E-state index is -0.438. The molecule has 1 aromatic carbocycles. The van der Waals surface area contributed by atoms with Gasteiger partial charge in [0.15, 0.2) is 0 Å². The molecule has 0 spiro atoms. The number of benzene rings is 1. The Hall–Kier alpha value is -1.97. The third-order valence-electron chi connectivity index (χ3n) is 2.36. The van der Waals surface area contributed by atoms with E-state index < -0.39 is 5.91 Å². The van der Waals surface area contributed by atoms with Crippen molar-refractivity contribution in [3.05, 3.63) is 29.5 Å². The standard InChI is InChI=1S/C11H11N2O2/c1-6-10(11(12)14)8-5-7(15-2)3-4-9(8)13-6/h4-5,13H,1-2H3,(H2,12,14). The lowest BCUT2D eigenvalue weighted by atomic mass is 10.1. The minimum Gasteiger partial charge on any atom is -0.496 e. The Morgan fingerprint density at radius 1 is 1.60 bits per heavy atom. The van der Waals surface area contributed by atoms with Crippen LogP contribution in [-0.2, 0) is 0 Å². The summed E-state index contributed by atoms with van der Waals surface area (Å²) in [6, 6.07) is 6.43. The van der Waals surface area contributed by atoms with E-state index in [0.717, 1.165) is 16.6 Å². The summed E-state index contributed by atoms with van der Waals surface area (Å²) in [7, 11) is 1.56. The number of aromatic amines is 1. The van der Waals surface area contributed by atoms with E-state index >= 15 is 0 Å². The molecule has 0 unspecified atom stereocenters. The predicted octanol–water partition coefficient (Wildman–Crippen LogP) is 1.38. The SMILES string of the molecule is COc1[c]cc2[nH]c(C)c(C(N)=O)c2c1. The van der Waals surface area contributed by atoms with Crippen molar-refractivity contribution in [3.8, 4) is 5.75 Å². The molecule has 0 aliphatic heterocycles. The van der Waals surface area contributed by atoms with E-state index in [0.29, 0.717) is 11.3 Å². The normalized spacial score (nSPS) is 10.5. The summed E-state index contributed by atoms with van der Waals surface area (Å²) in [6.45, 7) is 1.81. The molecule has 2 aromatic rings. The fraction of sp³-hybridized carbons (Fsp3) is 0.182. The van der Waals surface area contributed by atoms with Crippen molar-refractivity contribution < 1.29 is 9.53 Å². The summed E-state index contributed by atoms with van der Waals surface area (Å²) in [6.07, 6.45) is 0. The van der Waals surface area contributed by atoms with Gasteiger partial charge in [0.1, 0.15) is 5.75 Å². The van der Waals surface area contributed by atoms with Crippen molar-refractivity contribution in [2.24, 2.45) is 5.73 Å². The zero-order chi connectivity index (χ0) is 11.0. The topological polar surface area (TPSA) is 68.1 Å². The molecule has 1 aromatic heterocycles. The van der Waals surface area contributed by atoms with Crippen LogP contribution in [0.25, 0.3) is 10.9 Å². The second-order valence-electron chi connectivity index (χ2n) is 3.32. The number of fused-ring (bicyclic) bond motifs is 1. The van der Waals surface area contributed by atoms with Crippen LogP contribution in [0.3, 0.4) is 0 Å². The highest BCUT2D eigenvalue weighted by Gasteiger charge is 2.13. The van der Waals surface area contributed by atoms with Crippen molar-refractivity contribution in [2.45, 2.75) is 6.92 Å². The van der Waals surface area contributed by atoms with Crippen LogP contribution in [-0.4, -0.2) is 18.0 Å². The van der Waals surface area contributed by atoms with Crippen LogP contribution in [0.5, 0.6) is 5.75 Å². The molecule has 77 valence electrons. The van der Waals surface area contributed by atoms with Gasteiger partial charge in [-0.05, 0) is 19.1 Å². The van der Waals surface area contributed by atoms with E-state index in [1.807, 2.05) is 6.92 Å². The Morgan fingerprint density at radius 2 is 2.33 bits per heavy atom. The lowest BCUT2D eigenvalue weighted by Gasteiger charge is -1.99. The number of rotatable bonds is 2. The first-order valence-electron chi connectivity index (χ1n) is 4.51. The second kappa shape index (κ2) is 3.31. The van der Waals surface area contributed by atoms with Gasteiger partial charge in [-0.2, -0.15) is 0 Å². The van der Waals surface area contributed by atoms with Gasteiger partial charge in [0.05, 0.1) is 12.7 Å². The molecule has 4 nitrogen and oxygen atoms in total. The average Bonchev–Trinajstić information content (AvgIpc) is 2.52. The summed E-state index contributed by atoms with van der Waals surface area (Å²) < 4.78 is 5.04. The third-order valence-corrected chi connectivity index (χ3v) is 2.36. The number of carbonyl (C=O) groups is 1. The fourth-order valence-corrected chi connectivity index (χ4v) is 1.68. The number of carbonyl (C=O) groups excluding carboxylic acids is 1. The summed E-state index contributed by atoms with van der Waals surface area (Å²) in [4.78, 5) is 14.3. The minimum absolute atomic E-state index is 0.438. The molecule has 15 heavy (non-hydrogen) atoms. The van der Waals surface area contributed by atoms with Gasteiger partial charge in [0, 0.05) is 22.7 Å². The lowest BCUT2D eigenvalue weighted by Crippen LogP contribution is -2.11. The maximum absolute atomic E-state index is 11.2. The second-order valence-corrected chi connectivity index (χ2v) is 3.32. The molecule has 3 N–H and O–H groups in total. The van der Waals surface area contributed by atoms with Crippen molar-refractivity contribution in [3.63, 3.8) is 0 Å². The molecule has 1 amide bonds. The van der Waals surface area contributed by atoms with Crippen LogP contribution >= 0.6 is 0 Å². The van der Waals surface area contributed by atoms with Gasteiger partial charge >= 0.3 is 0 Å². The number of aromatic nitrogens is 1. The van der Waals surface area contributed by atoms with Gasteiger partial charge in [-0.1, -0.05) is 0 Å². The Balaban J connectivity index is 2.77. The summed E-state index contributed by atoms with van der Waals surface area (Å²) in [5.74, 6) is 0.149. The molecule has 0 atom stereocenters. The van der Waals surface area contributed by atoms with Gasteiger partial charge in [0.25, 0.3) is 5.91 Å². The molecule has 0 aliphatic rings. The van der Waals surface area contributed by atoms with E-state index in [1.165, 1.54) is 0 Å². The van der Waals surface area contributed by atoms with E-state index in [-0.39, 0.29) is 0 Å². The van der Waals surface area contributed by atoms with Crippen molar-refractivity contribution in [1.29, 1.82) is 0 Å². The monoisotopic (exact) mass is 203 g/mol. The molecule has 4 heteroatoms. The van der Waals surface area contributed by atoms with Gasteiger partial charge in [-0.25, -0.2) is 0 Å². The number of amides is 1. The number of hydrogen-bond donors (Lipinski definition) is 2. The van der Waals surface area contributed by atoms with Gasteiger partial charge in [-0.3, -0.25) is 4.79 Å². The lowest BCUT2D eigenvalue weighted by molar-refractivity contribution is 0.100. The van der Waals surface area contributed by atoms with Crippen LogP contribution in [0, 0.1) is 13.0 Å². The molecule has 0 bridgehead atoms. The zero-order valence-corrected chi connectivity index (χ0v) is 8.55. The Bertz CT molecular complexity index is 529. The van der Waals surface area contributed by atoms with Crippen molar-refractivity contribution in [1.82, 2.24) is 4.98 Å². The number of H-pyrrole nitrogens is 1. The first-order valence-corrected chi connectivity index (χ1v) is 4.51. The van der Waals surface area contributed by atoms with E-state index in [2.05, 4.69) is 11.1 Å². The highest BCUT2D eigenvalue weighted by molar-refractivity contribution is 6.07. The van der Waals surface area contributed by atoms with Crippen LogP contribution in [0.1, 0.15) is 16.1 Å². The largest absolute Gasteiger partial charge is 0.496 e. The predicted molar refractivity (Wildman–Crippen MR) is 56.9 cm³/mol. The van der Waals surface area contributed by atoms with Crippen molar-refractivity contribution >= 4 is 16.8 Å². The molecule has 2 rings (SSSR count). The molecule has 1 radical (unpaired) electrons. The highest BCUT2D eigenvalue weighted by Crippen LogP contribution is 2.25. The first-order chi connectivity index (χ1) is 7.13. The van der Waals surface area contributed by atoms with E-state index in [1.54, 1.807) is 19.2 Å². The summed E-state index contributed by atoms with van der Waals surface area (Å²) >= 11 is 0. The van der Waals surface area contributed by atoms with Gasteiger partial charge < -0.3 is 15.5 Å². The number of ether oxygens (including phenoxy) is 1. The molecule has 0 fully saturated rings. The summed E-state index contributed by atoms with van der Waals surface area (Å²) in [5, 5.41) is 0.774. The zero-order valence-electron chi connectivity index (χ0n) is 8.55. The molecule has 0 saturated heterocycles. The molecule has 0 aliphatic carbocycles. The Morgan fingerprint density at radius 3 is 2.93 bits per heavy atom. The molecular weight excluding hydrogens is 192 g/mol. The average molecular weight is 203 g/mol. The quantitative estimate of drug-likeness (QED) is 0.774. The van der Waals surface area contributed by atoms with E-state index in [9.17, 15) is 4.79 Å². The molecular formula is C11H11N2O2. The molecule has 0 saturated carbocycles.